The molecule has 1 saturated heterocycles. The molecule has 0 aromatic heterocycles. The maximum absolute atomic E-state index is 11.9. The largest absolute Gasteiger partial charge is 0.489 e. The van der Waals surface area contributed by atoms with Gasteiger partial charge in [-0.1, -0.05) is 42.5 Å². The first-order valence-corrected chi connectivity index (χ1v) is 7.84. The molecule has 3 rings (SSSR count). The molecule has 3 heteroatoms. The van der Waals surface area contributed by atoms with E-state index in [2.05, 4.69) is 23.5 Å². The molecule has 0 radical (unpaired) electrons. The van der Waals surface area contributed by atoms with Gasteiger partial charge in [0, 0.05) is 12.5 Å². The molecule has 0 bridgehead atoms. The third kappa shape index (κ3) is 3.88. The quantitative estimate of drug-likeness (QED) is 0.919. The highest BCUT2D eigenvalue weighted by molar-refractivity contribution is 5.79. The summed E-state index contributed by atoms with van der Waals surface area (Å²) >= 11 is 0. The second-order valence-electron chi connectivity index (χ2n) is 5.76. The summed E-state index contributed by atoms with van der Waals surface area (Å²) in [7, 11) is 0. The minimum absolute atomic E-state index is 0.0955. The van der Waals surface area contributed by atoms with Crippen LogP contribution in [0.15, 0.2) is 54.6 Å². The van der Waals surface area contributed by atoms with Crippen molar-refractivity contribution in [3.8, 4) is 5.75 Å². The van der Waals surface area contributed by atoms with Crippen LogP contribution in [0.25, 0.3) is 0 Å². The van der Waals surface area contributed by atoms with Crippen molar-refractivity contribution < 1.29 is 9.53 Å². The van der Waals surface area contributed by atoms with Crippen molar-refractivity contribution in [2.24, 2.45) is 5.92 Å². The van der Waals surface area contributed by atoms with E-state index in [0.29, 0.717) is 6.61 Å². The zero-order chi connectivity index (χ0) is 15.2. The van der Waals surface area contributed by atoms with Gasteiger partial charge in [-0.3, -0.25) is 4.79 Å². The maximum Gasteiger partial charge on any atom is 0.223 e. The molecule has 114 valence electrons. The molecule has 1 aliphatic rings. The van der Waals surface area contributed by atoms with Crippen LogP contribution in [0.2, 0.25) is 0 Å². The zero-order valence-electron chi connectivity index (χ0n) is 12.6. The zero-order valence-corrected chi connectivity index (χ0v) is 12.6. The fourth-order valence-electron chi connectivity index (χ4n) is 2.82. The summed E-state index contributed by atoms with van der Waals surface area (Å²) in [5.41, 5.74) is 2.31. The fraction of sp³-hybridized carbons (Fsp3) is 0.316. The predicted octanol–water partition coefficient (Wildman–Crippen LogP) is 3.33. The van der Waals surface area contributed by atoms with E-state index in [1.165, 1.54) is 0 Å². The van der Waals surface area contributed by atoms with Crippen LogP contribution < -0.4 is 10.1 Å². The number of hydrogen-bond acceptors (Lipinski definition) is 2. The second kappa shape index (κ2) is 7.12. The van der Waals surface area contributed by atoms with E-state index in [1.54, 1.807) is 0 Å². The first-order valence-electron chi connectivity index (χ1n) is 7.84. The van der Waals surface area contributed by atoms with Gasteiger partial charge >= 0.3 is 0 Å². The molecule has 1 fully saturated rings. The van der Waals surface area contributed by atoms with Gasteiger partial charge in [0.2, 0.25) is 5.91 Å². The molecular formula is C19H21NO2. The smallest absolute Gasteiger partial charge is 0.223 e. The van der Waals surface area contributed by atoms with Crippen molar-refractivity contribution >= 4 is 5.91 Å². The Balaban J connectivity index is 1.61. The Morgan fingerprint density at radius 3 is 2.68 bits per heavy atom. The summed E-state index contributed by atoms with van der Waals surface area (Å²) in [6.45, 7) is 1.38. The molecule has 0 aliphatic carbocycles. The molecule has 1 atom stereocenters. The number of ether oxygens (including phenoxy) is 1. The van der Waals surface area contributed by atoms with Gasteiger partial charge in [0.15, 0.2) is 0 Å². The minimum Gasteiger partial charge on any atom is -0.489 e. The number of hydrogen-bond donors (Lipinski definition) is 1. The fourth-order valence-corrected chi connectivity index (χ4v) is 2.82. The summed E-state index contributed by atoms with van der Waals surface area (Å²) in [4.78, 5) is 11.9. The Kier molecular flexibility index (Phi) is 4.74. The first kappa shape index (κ1) is 14.6. The number of rotatable bonds is 5. The highest BCUT2D eigenvalue weighted by Gasteiger charge is 2.22. The molecule has 0 saturated carbocycles. The van der Waals surface area contributed by atoms with E-state index in [9.17, 15) is 4.79 Å². The highest BCUT2D eigenvalue weighted by Crippen LogP contribution is 2.21. The molecule has 2 aromatic carbocycles. The van der Waals surface area contributed by atoms with Gasteiger partial charge in [-0.2, -0.15) is 0 Å². The topological polar surface area (TPSA) is 38.3 Å². The van der Waals surface area contributed by atoms with Crippen LogP contribution in [0.3, 0.4) is 0 Å². The predicted molar refractivity (Wildman–Crippen MR) is 86.7 cm³/mol. The molecule has 0 spiro atoms. The van der Waals surface area contributed by atoms with Crippen molar-refractivity contribution in [1.29, 1.82) is 0 Å². The Hall–Kier alpha value is -2.29. The van der Waals surface area contributed by atoms with E-state index < -0.39 is 0 Å². The number of piperidine rings is 1. The van der Waals surface area contributed by atoms with E-state index in [0.717, 1.165) is 42.7 Å². The van der Waals surface area contributed by atoms with Gasteiger partial charge in [0.05, 0.1) is 0 Å². The molecule has 22 heavy (non-hydrogen) atoms. The van der Waals surface area contributed by atoms with Crippen LogP contribution in [-0.2, 0) is 17.8 Å². The SMILES string of the molecule is O=C1NCCCC1Cc1cccc(OCc2ccccc2)c1. The molecule has 1 aliphatic heterocycles. The van der Waals surface area contributed by atoms with Crippen LogP contribution in [0.4, 0.5) is 0 Å². The maximum atomic E-state index is 11.9. The van der Waals surface area contributed by atoms with Crippen molar-refractivity contribution in [1.82, 2.24) is 5.32 Å². The Bertz CT molecular complexity index is 624. The minimum atomic E-state index is 0.0955. The molecule has 1 N–H and O–H groups in total. The van der Waals surface area contributed by atoms with E-state index in [1.807, 2.05) is 36.4 Å². The van der Waals surface area contributed by atoms with Gasteiger partial charge in [-0.25, -0.2) is 0 Å². The van der Waals surface area contributed by atoms with Gasteiger partial charge in [-0.05, 0) is 42.5 Å². The lowest BCUT2D eigenvalue weighted by atomic mass is 9.91. The molecular weight excluding hydrogens is 274 g/mol. The van der Waals surface area contributed by atoms with Gasteiger partial charge in [0.1, 0.15) is 12.4 Å². The highest BCUT2D eigenvalue weighted by atomic mass is 16.5. The molecule has 1 heterocycles. The van der Waals surface area contributed by atoms with E-state index in [4.69, 9.17) is 4.74 Å². The number of carbonyl (C=O) groups excluding carboxylic acids is 1. The van der Waals surface area contributed by atoms with Crippen molar-refractivity contribution in [3.63, 3.8) is 0 Å². The summed E-state index contributed by atoms with van der Waals surface area (Å²) in [5, 5.41) is 2.94. The molecule has 3 nitrogen and oxygen atoms in total. The summed E-state index contributed by atoms with van der Waals surface area (Å²) in [6.07, 6.45) is 2.83. The molecule has 1 unspecified atom stereocenters. The lowest BCUT2D eigenvalue weighted by molar-refractivity contribution is -0.126. The van der Waals surface area contributed by atoms with Crippen molar-refractivity contribution in [3.05, 3.63) is 65.7 Å². The lowest BCUT2D eigenvalue weighted by Crippen LogP contribution is -2.37. The summed E-state index contributed by atoms with van der Waals surface area (Å²) < 4.78 is 5.85. The Morgan fingerprint density at radius 2 is 1.86 bits per heavy atom. The van der Waals surface area contributed by atoms with Crippen LogP contribution >= 0.6 is 0 Å². The lowest BCUT2D eigenvalue weighted by Gasteiger charge is -2.21. The number of benzene rings is 2. The third-order valence-corrected chi connectivity index (χ3v) is 4.03. The van der Waals surface area contributed by atoms with Crippen LogP contribution in [0, 0.1) is 5.92 Å². The number of carbonyl (C=O) groups is 1. The van der Waals surface area contributed by atoms with Crippen LogP contribution in [0.5, 0.6) is 5.75 Å². The van der Waals surface area contributed by atoms with Crippen molar-refractivity contribution in [2.45, 2.75) is 25.9 Å². The average Bonchev–Trinajstić information content (AvgIpc) is 2.57. The Labute approximate surface area is 131 Å². The standard InChI is InChI=1S/C19H21NO2/c21-19-17(9-5-11-20-19)12-16-8-4-10-18(13-16)22-14-15-6-2-1-3-7-15/h1-4,6-8,10,13,17H,5,9,11-12,14H2,(H,20,21). The van der Waals surface area contributed by atoms with Crippen molar-refractivity contribution in [2.75, 3.05) is 6.54 Å². The number of nitrogens with one attached hydrogen (secondary N) is 1. The van der Waals surface area contributed by atoms with Crippen LogP contribution in [0.1, 0.15) is 24.0 Å². The summed E-state index contributed by atoms with van der Waals surface area (Å²) in [5.74, 6) is 1.14. The van der Waals surface area contributed by atoms with E-state index >= 15 is 0 Å². The summed E-state index contributed by atoms with van der Waals surface area (Å²) in [6, 6.07) is 18.2. The van der Waals surface area contributed by atoms with Gasteiger partial charge in [-0.15, -0.1) is 0 Å². The van der Waals surface area contributed by atoms with Gasteiger partial charge in [0.25, 0.3) is 0 Å². The first-order chi connectivity index (χ1) is 10.8. The normalized spacial score (nSPS) is 17.8. The molecule has 2 aromatic rings. The monoisotopic (exact) mass is 295 g/mol. The second-order valence-corrected chi connectivity index (χ2v) is 5.76. The Morgan fingerprint density at radius 1 is 1.05 bits per heavy atom. The number of amides is 1. The molecule has 1 amide bonds. The van der Waals surface area contributed by atoms with Gasteiger partial charge < -0.3 is 10.1 Å². The average molecular weight is 295 g/mol. The van der Waals surface area contributed by atoms with Crippen LogP contribution in [-0.4, -0.2) is 12.5 Å². The third-order valence-electron chi connectivity index (χ3n) is 4.03. The van der Waals surface area contributed by atoms with E-state index in [-0.39, 0.29) is 11.8 Å².